The van der Waals surface area contributed by atoms with Crippen molar-refractivity contribution in [1.82, 2.24) is 0 Å². The fourth-order valence-corrected chi connectivity index (χ4v) is 2.78. The van der Waals surface area contributed by atoms with Gasteiger partial charge in [-0.25, -0.2) is 0 Å². The second-order valence-corrected chi connectivity index (χ2v) is 5.31. The fraction of sp³-hybridized carbons (Fsp3) is 0.923. The monoisotopic (exact) mass is 212 g/mol. The average molecular weight is 212 g/mol. The normalized spacial score (nSPS) is 34.5. The Morgan fingerprint density at radius 1 is 1.40 bits per heavy atom. The van der Waals surface area contributed by atoms with Crippen LogP contribution in [0.15, 0.2) is 0 Å². The van der Waals surface area contributed by atoms with E-state index in [4.69, 9.17) is 0 Å². The number of Topliss-reactive ketones (excluding diaryl/α,β-unsaturated/α-hetero) is 1. The molecule has 1 fully saturated rings. The van der Waals surface area contributed by atoms with E-state index in [1.807, 2.05) is 6.92 Å². The first kappa shape index (κ1) is 12.7. The van der Waals surface area contributed by atoms with Gasteiger partial charge < -0.3 is 5.11 Å². The number of carbonyl (C=O) groups excluding carboxylic acids is 1. The molecule has 1 N–H and O–H groups in total. The molecule has 0 aromatic carbocycles. The number of aliphatic hydroxyl groups excluding tert-OH is 1. The highest BCUT2D eigenvalue weighted by atomic mass is 16.3. The van der Waals surface area contributed by atoms with Crippen LogP contribution in [0.2, 0.25) is 0 Å². The second-order valence-electron chi connectivity index (χ2n) is 5.31. The maximum atomic E-state index is 12.2. The molecule has 1 aliphatic carbocycles. The molecule has 1 rings (SSSR count). The van der Waals surface area contributed by atoms with Crippen LogP contribution in [0, 0.1) is 23.7 Å². The average Bonchev–Trinajstić information content (AvgIpc) is 2.16. The summed E-state index contributed by atoms with van der Waals surface area (Å²) in [6.45, 7) is 8.25. The SMILES string of the molecule is CC[C@@H](O)[C@@H]1C(=O)[C@@H](C(C)C)CC[C@H]1C. The van der Waals surface area contributed by atoms with Gasteiger partial charge in [0.25, 0.3) is 0 Å². The number of carbonyl (C=O) groups is 1. The summed E-state index contributed by atoms with van der Waals surface area (Å²) in [5.41, 5.74) is 0. The van der Waals surface area contributed by atoms with E-state index in [1.165, 1.54) is 0 Å². The lowest BCUT2D eigenvalue weighted by atomic mass is 9.68. The van der Waals surface area contributed by atoms with E-state index in [0.717, 1.165) is 12.8 Å². The summed E-state index contributed by atoms with van der Waals surface area (Å²) >= 11 is 0. The Hall–Kier alpha value is -0.370. The van der Waals surface area contributed by atoms with Gasteiger partial charge in [-0.15, -0.1) is 0 Å². The van der Waals surface area contributed by atoms with Crippen molar-refractivity contribution < 1.29 is 9.90 Å². The van der Waals surface area contributed by atoms with E-state index in [9.17, 15) is 9.90 Å². The molecular formula is C13H24O2. The second kappa shape index (κ2) is 5.11. The van der Waals surface area contributed by atoms with E-state index < -0.39 is 6.10 Å². The topological polar surface area (TPSA) is 37.3 Å². The molecule has 1 aliphatic rings. The van der Waals surface area contributed by atoms with Crippen LogP contribution < -0.4 is 0 Å². The van der Waals surface area contributed by atoms with E-state index in [0.29, 0.717) is 24.0 Å². The van der Waals surface area contributed by atoms with Gasteiger partial charge in [0, 0.05) is 11.8 Å². The van der Waals surface area contributed by atoms with Crippen molar-refractivity contribution in [1.29, 1.82) is 0 Å². The van der Waals surface area contributed by atoms with E-state index in [-0.39, 0.29) is 11.8 Å². The highest BCUT2D eigenvalue weighted by Gasteiger charge is 2.40. The first-order valence-corrected chi connectivity index (χ1v) is 6.20. The minimum Gasteiger partial charge on any atom is -0.392 e. The Balaban J connectivity index is 2.78. The van der Waals surface area contributed by atoms with Crippen molar-refractivity contribution in [2.24, 2.45) is 23.7 Å². The molecule has 0 saturated heterocycles. The Bertz CT molecular complexity index is 219. The van der Waals surface area contributed by atoms with E-state index in [2.05, 4.69) is 20.8 Å². The number of hydrogen-bond acceptors (Lipinski definition) is 2. The molecule has 2 nitrogen and oxygen atoms in total. The third-order valence-corrected chi connectivity index (χ3v) is 3.88. The summed E-state index contributed by atoms with van der Waals surface area (Å²) in [7, 11) is 0. The maximum absolute atomic E-state index is 12.2. The molecule has 0 bridgehead atoms. The van der Waals surface area contributed by atoms with Crippen LogP contribution in [0.4, 0.5) is 0 Å². The van der Waals surface area contributed by atoms with Gasteiger partial charge in [0.2, 0.25) is 0 Å². The molecule has 0 aromatic rings. The molecule has 15 heavy (non-hydrogen) atoms. The zero-order valence-electron chi connectivity index (χ0n) is 10.4. The van der Waals surface area contributed by atoms with Crippen LogP contribution in [0.3, 0.4) is 0 Å². The van der Waals surface area contributed by atoms with E-state index >= 15 is 0 Å². The van der Waals surface area contributed by atoms with Crippen molar-refractivity contribution in [2.75, 3.05) is 0 Å². The van der Waals surface area contributed by atoms with Crippen LogP contribution in [-0.4, -0.2) is 17.0 Å². The first-order chi connectivity index (χ1) is 6.99. The van der Waals surface area contributed by atoms with Gasteiger partial charge in [-0.3, -0.25) is 4.79 Å². The summed E-state index contributed by atoms with van der Waals surface area (Å²) in [5, 5.41) is 9.90. The molecule has 4 atom stereocenters. The van der Waals surface area contributed by atoms with Crippen LogP contribution in [-0.2, 0) is 4.79 Å². The lowest BCUT2D eigenvalue weighted by Crippen LogP contribution is -2.42. The fourth-order valence-electron chi connectivity index (χ4n) is 2.78. The number of hydrogen-bond donors (Lipinski definition) is 1. The quantitative estimate of drug-likeness (QED) is 0.781. The Kier molecular flexibility index (Phi) is 4.32. The zero-order valence-corrected chi connectivity index (χ0v) is 10.4. The summed E-state index contributed by atoms with van der Waals surface area (Å²) < 4.78 is 0. The van der Waals surface area contributed by atoms with Crippen LogP contribution >= 0.6 is 0 Å². The molecule has 0 heterocycles. The molecule has 0 amide bonds. The highest BCUT2D eigenvalue weighted by molar-refractivity contribution is 5.85. The third kappa shape index (κ3) is 2.60. The van der Waals surface area contributed by atoms with Gasteiger partial charge in [-0.2, -0.15) is 0 Å². The van der Waals surface area contributed by atoms with Gasteiger partial charge in [-0.1, -0.05) is 27.7 Å². The number of aliphatic hydroxyl groups is 1. The molecule has 1 saturated carbocycles. The van der Waals surface area contributed by atoms with E-state index in [1.54, 1.807) is 0 Å². The van der Waals surface area contributed by atoms with Gasteiger partial charge >= 0.3 is 0 Å². The smallest absolute Gasteiger partial charge is 0.142 e. The lowest BCUT2D eigenvalue weighted by Gasteiger charge is -2.37. The van der Waals surface area contributed by atoms with Crippen LogP contribution in [0.5, 0.6) is 0 Å². The molecule has 0 radical (unpaired) electrons. The predicted octanol–water partition coefficient (Wildman–Crippen LogP) is 2.64. The van der Waals surface area contributed by atoms with Gasteiger partial charge in [0.1, 0.15) is 5.78 Å². The summed E-state index contributed by atoms with van der Waals surface area (Å²) in [6, 6.07) is 0. The van der Waals surface area contributed by atoms with Crippen molar-refractivity contribution >= 4 is 5.78 Å². The van der Waals surface area contributed by atoms with Gasteiger partial charge in [0.05, 0.1) is 6.10 Å². The molecule has 88 valence electrons. The van der Waals surface area contributed by atoms with Crippen molar-refractivity contribution in [3.8, 4) is 0 Å². The molecule has 0 unspecified atom stereocenters. The molecular weight excluding hydrogens is 188 g/mol. The van der Waals surface area contributed by atoms with Crippen molar-refractivity contribution in [2.45, 2.75) is 53.1 Å². The molecule has 0 spiro atoms. The van der Waals surface area contributed by atoms with Crippen molar-refractivity contribution in [3.63, 3.8) is 0 Å². The Morgan fingerprint density at radius 2 is 2.00 bits per heavy atom. The minimum atomic E-state index is -0.436. The zero-order chi connectivity index (χ0) is 11.6. The Morgan fingerprint density at radius 3 is 2.47 bits per heavy atom. The number of rotatable bonds is 3. The maximum Gasteiger partial charge on any atom is 0.142 e. The first-order valence-electron chi connectivity index (χ1n) is 6.20. The lowest BCUT2D eigenvalue weighted by molar-refractivity contribution is -0.138. The number of ketones is 1. The molecule has 2 heteroatoms. The minimum absolute atomic E-state index is 0.115. The van der Waals surface area contributed by atoms with Crippen LogP contribution in [0.1, 0.15) is 47.0 Å². The third-order valence-electron chi connectivity index (χ3n) is 3.88. The summed E-state index contributed by atoms with van der Waals surface area (Å²) in [6.07, 6.45) is 2.33. The molecule has 0 aliphatic heterocycles. The highest BCUT2D eigenvalue weighted by Crippen LogP contribution is 2.36. The van der Waals surface area contributed by atoms with Crippen LogP contribution in [0.25, 0.3) is 0 Å². The standard InChI is InChI=1S/C13H24O2/c1-5-11(14)12-9(4)6-7-10(8(2)3)13(12)15/h8-12,14H,5-7H2,1-4H3/t9-,10-,11-,12-/m1/s1. The summed E-state index contributed by atoms with van der Waals surface area (Å²) in [4.78, 5) is 12.2. The largest absolute Gasteiger partial charge is 0.392 e. The molecule has 0 aromatic heterocycles. The Labute approximate surface area is 93.1 Å². The van der Waals surface area contributed by atoms with Gasteiger partial charge in [-0.05, 0) is 31.1 Å². The summed E-state index contributed by atoms with van der Waals surface area (Å²) in [5.74, 6) is 1.13. The predicted molar refractivity (Wildman–Crippen MR) is 61.5 cm³/mol. The van der Waals surface area contributed by atoms with Crippen molar-refractivity contribution in [3.05, 3.63) is 0 Å². The van der Waals surface area contributed by atoms with Gasteiger partial charge in [0.15, 0.2) is 0 Å².